The van der Waals surface area contributed by atoms with E-state index >= 15 is 0 Å². The lowest BCUT2D eigenvalue weighted by Crippen LogP contribution is -2.54. The number of hydrogen-bond acceptors (Lipinski definition) is 12. The van der Waals surface area contributed by atoms with E-state index < -0.39 is 87.6 Å². The maximum Gasteiger partial charge on any atom is 0.269 e. The number of fused-ring (bicyclic) bond motifs is 3. The van der Waals surface area contributed by atoms with E-state index in [0.717, 1.165) is 5.56 Å². The summed E-state index contributed by atoms with van der Waals surface area (Å²) in [5.41, 5.74) is -2.19. The van der Waals surface area contributed by atoms with E-state index in [1.54, 1.807) is 31.2 Å². The van der Waals surface area contributed by atoms with Crippen LogP contribution in [0.2, 0.25) is 0 Å². The third-order valence-corrected chi connectivity index (χ3v) is 9.17. The standard InChI is InChI=1S/C33H32N2O11.ClH/c1-15-28(37)22(34-14-17-7-9-18(10-8-17)35(43)44)11-24(45-15)46-23-13-33(42,16(2)36)12-21-25(23)32(41)27-26(31(21)40)29(38)19-5-3-4-6-20(19)30(27)39;/h3-10,15,22-24,28,34,37,40-42H,11-14H2,1-2H3;1H/t15?,22?,23-,24?,28?,33-;/m0./s1. The number of phenols is 2. The van der Waals surface area contributed by atoms with Gasteiger partial charge in [0.05, 0.1) is 34.4 Å². The Morgan fingerprint density at radius 3 is 2.23 bits per heavy atom. The predicted molar refractivity (Wildman–Crippen MR) is 167 cm³/mol. The van der Waals surface area contributed by atoms with Crippen molar-refractivity contribution in [2.24, 2.45) is 0 Å². The normalized spacial score (nSPS) is 26.4. The van der Waals surface area contributed by atoms with E-state index in [2.05, 4.69) is 5.32 Å². The van der Waals surface area contributed by atoms with Crippen LogP contribution in [0.1, 0.15) is 81.3 Å². The van der Waals surface area contributed by atoms with Crippen molar-refractivity contribution in [3.63, 3.8) is 0 Å². The van der Waals surface area contributed by atoms with E-state index in [4.69, 9.17) is 9.47 Å². The second-order valence-electron chi connectivity index (χ2n) is 12.0. The molecule has 5 N–H and O–H groups in total. The van der Waals surface area contributed by atoms with Crippen molar-refractivity contribution in [2.75, 3.05) is 0 Å². The fourth-order valence-electron chi connectivity index (χ4n) is 6.58. The Kier molecular flexibility index (Phi) is 9.25. The molecule has 47 heavy (non-hydrogen) atoms. The van der Waals surface area contributed by atoms with Crippen LogP contribution in [0.25, 0.3) is 0 Å². The van der Waals surface area contributed by atoms with Gasteiger partial charge in [-0.05, 0) is 19.4 Å². The Bertz CT molecular complexity index is 1780. The van der Waals surface area contributed by atoms with Crippen LogP contribution in [0.5, 0.6) is 11.5 Å². The number of rotatable bonds is 7. The number of halogens is 1. The number of nitro groups is 1. The summed E-state index contributed by atoms with van der Waals surface area (Å²) in [4.78, 5) is 50.2. The average molecular weight is 669 g/mol. The molecule has 3 aliphatic rings. The molecule has 0 spiro atoms. The molecule has 0 bridgehead atoms. The lowest BCUT2D eigenvalue weighted by Gasteiger charge is -2.43. The second kappa shape index (κ2) is 12.8. The van der Waals surface area contributed by atoms with Crippen LogP contribution < -0.4 is 5.32 Å². The van der Waals surface area contributed by atoms with Crippen LogP contribution in [0, 0.1) is 10.1 Å². The number of aliphatic hydroxyl groups is 2. The lowest BCUT2D eigenvalue weighted by atomic mass is 9.72. The molecule has 0 radical (unpaired) electrons. The van der Waals surface area contributed by atoms with Gasteiger partial charge in [-0.1, -0.05) is 36.4 Å². The number of nitrogens with zero attached hydrogens (tertiary/aromatic N) is 1. The molecular weight excluding hydrogens is 636 g/mol. The Morgan fingerprint density at radius 1 is 1.06 bits per heavy atom. The number of carbonyl (C=O) groups is 3. The van der Waals surface area contributed by atoms with Gasteiger partial charge in [0.25, 0.3) is 5.69 Å². The van der Waals surface area contributed by atoms with Crippen molar-refractivity contribution in [1.82, 2.24) is 5.32 Å². The largest absolute Gasteiger partial charge is 0.507 e. The van der Waals surface area contributed by atoms with Crippen molar-refractivity contribution >= 4 is 35.4 Å². The molecule has 1 saturated heterocycles. The first kappa shape index (κ1) is 34.1. The first-order valence-electron chi connectivity index (χ1n) is 14.8. The fourth-order valence-corrected chi connectivity index (χ4v) is 6.58. The summed E-state index contributed by atoms with van der Waals surface area (Å²) in [5.74, 6) is -3.21. The Morgan fingerprint density at radius 2 is 1.66 bits per heavy atom. The molecule has 6 atom stereocenters. The molecule has 0 saturated carbocycles. The zero-order chi connectivity index (χ0) is 33.1. The molecule has 3 aromatic rings. The Hall–Kier alpha value is -4.24. The van der Waals surface area contributed by atoms with E-state index in [1.165, 1.54) is 31.2 Å². The van der Waals surface area contributed by atoms with Gasteiger partial charge in [0, 0.05) is 66.2 Å². The van der Waals surface area contributed by atoms with Crippen LogP contribution in [0.4, 0.5) is 5.69 Å². The first-order valence-corrected chi connectivity index (χ1v) is 14.8. The van der Waals surface area contributed by atoms with Crippen LogP contribution in [-0.2, 0) is 27.2 Å². The van der Waals surface area contributed by atoms with Gasteiger partial charge < -0.3 is 35.2 Å². The topological polar surface area (TPSA) is 206 Å². The number of nitrogens with one attached hydrogen (secondary N) is 1. The van der Waals surface area contributed by atoms with E-state index in [0.29, 0.717) is 0 Å². The summed E-state index contributed by atoms with van der Waals surface area (Å²) in [6.45, 7) is 3.06. The van der Waals surface area contributed by atoms with Crippen LogP contribution >= 0.6 is 12.4 Å². The number of phenolic OH excluding ortho intramolecular Hbond substituents is 2. The highest BCUT2D eigenvalue weighted by Gasteiger charge is 2.49. The molecule has 3 aromatic carbocycles. The molecule has 0 amide bonds. The molecule has 14 heteroatoms. The monoisotopic (exact) mass is 668 g/mol. The van der Waals surface area contributed by atoms with Crippen LogP contribution in [0.15, 0.2) is 48.5 Å². The van der Waals surface area contributed by atoms with Gasteiger partial charge in [-0.3, -0.25) is 24.5 Å². The number of non-ortho nitro benzene ring substituents is 1. The number of carbonyl (C=O) groups excluding carboxylic acids is 3. The number of ketones is 3. The number of Topliss-reactive ketones (excluding diaryl/α,β-unsaturated/α-hetero) is 1. The van der Waals surface area contributed by atoms with Gasteiger partial charge in [0.15, 0.2) is 23.6 Å². The number of ether oxygens (including phenoxy) is 2. The lowest BCUT2D eigenvalue weighted by molar-refractivity contribution is -0.384. The minimum absolute atomic E-state index is 0. The Balaban J connectivity index is 0.00000433. The highest BCUT2D eigenvalue weighted by atomic mass is 35.5. The van der Waals surface area contributed by atoms with Crippen molar-refractivity contribution in [1.29, 1.82) is 0 Å². The molecular formula is C33H33ClN2O11. The van der Waals surface area contributed by atoms with Crippen molar-refractivity contribution in [3.8, 4) is 11.5 Å². The molecule has 248 valence electrons. The minimum Gasteiger partial charge on any atom is -0.507 e. The number of aromatic hydroxyl groups is 2. The maximum atomic E-state index is 13.5. The molecule has 4 unspecified atom stereocenters. The summed E-state index contributed by atoms with van der Waals surface area (Å²) in [6.07, 6.45) is -4.74. The van der Waals surface area contributed by atoms with E-state index in [1.807, 2.05) is 0 Å². The molecule has 1 heterocycles. The zero-order valence-corrected chi connectivity index (χ0v) is 26.2. The first-order chi connectivity index (χ1) is 21.8. The van der Waals surface area contributed by atoms with Crippen LogP contribution in [-0.4, -0.2) is 72.8 Å². The molecule has 6 rings (SSSR count). The number of aliphatic hydroxyl groups excluding tert-OH is 1. The van der Waals surface area contributed by atoms with Gasteiger partial charge >= 0.3 is 0 Å². The summed E-state index contributed by atoms with van der Waals surface area (Å²) in [7, 11) is 0. The third kappa shape index (κ3) is 5.90. The van der Waals surface area contributed by atoms with Crippen LogP contribution in [0.3, 0.4) is 0 Å². The van der Waals surface area contributed by atoms with Gasteiger partial charge in [0.2, 0.25) is 0 Å². The fraction of sp³-hybridized carbons (Fsp3) is 0.364. The highest BCUT2D eigenvalue weighted by Crippen LogP contribution is 2.52. The minimum atomic E-state index is -2.04. The molecule has 1 fully saturated rings. The van der Waals surface area contributed by atoms with E-state index in [9.17, 15) is 44.9 Å². The summed E-state index contributed by atoms with van der Waals surface area (Å²) in [6, 6.07) is 11.4. The van der Waals surface area contributed by atoms with Gasteiger partial charge in [-0.25, -0.2) is 0 Å². The Labute approximate surface area is 274 Å². The maximum absolute atomic E-state index is 13.5. The quantitative estimate of drug-likeness (QED) is 0.109. The van der Waals surface area contributed by atoms with E-state index in [-0.39, 0.29) is 59.7 Å². The number of hydrogen-bond donors (Lipinski definition) is 5. The molecule has 0 aromatic heterocycles. The third-order valence-electron chi connectivity index (χ3n) is 9.17. The van der Waals surface area contributed by atoms with Crippen molar-refractivity contribution in [3.05, 3.63) is 97.6 Å². The molecule has 2 aliphatic carbocycles. The van der Waals surface area contributed by atoms with Gasteiger partial charge in [0.1, 0.15) is 17.1 Å². The van der Waals surface area contributed by atoms with Gasteiger partial charge in [-0.15, -0.1) is 12.4 Å². The summed E-state index contributed by atoms with van der Waals surface area (Å²) in [5, 5.41) is 59.4. The summed E-state index contributed by atoms with van der Waals surface area (Å²) < 4.78 is 12.2. The predicted octanol–water partition coefficient (Wildman–Crippen LogP) is 3.18. The highest BCUT2D eigenvalue weighted by molar-refractivity contribution is 6.30. The second-order valence-corrected chi connectivity index (χ2v) is 12.0. The summed E-state index contributed by atoms with van der Waals surface area (Å²) >= 11 is 0. The van der Waals surface area contributed by atoms with Crippen molar-refractivity contribution < 1.29 is 49.2 Å². The van der Waals surface area contributed by atoms with Crippen molar-refractivity contribution in [2.45, 2.75) is 75.9 Å². The molecule has 13 nitrogen and oxygen atoms in total. The SMILES string of the molecule is CC(=O)[C@]1(O)Cc2c(O)c3c(c(O)c2[C@@H](OC2CC(NCc4ccc([N+](=O)[O-])cc4)C(O)C(C)O2)C1)C(=O)c1ccccc1C3=O.Cl. The number of nitro benzene ring substituents is 1. The smallest absolute Gasteiger partial charge is 0.269 e. The number of benzene rings is 3. The molecule has 1 aliphatic heterocycles. The van der Waals surface area contributed by atoms with Gasteiger partial charge in [-0.2, -0.15) is 0 Å². The zero-order valence-electron chi connectivity index (χ0n) is 25.3. The average Bonchev–Trinajstić information content (AvgIpc) is 3.02.